The largest absolute Gasteiger partial charge is 0.353 e. The average Bonchev–Trinajstić information content (AvgIpc) is 3.33. The molecule has 4 aromatic rings. The quantitative estimate of drug-likeness (QED) is 0.572. The molecule has 0 bridgehead atoms. The van der Waals surface area contributed by atoms with Gasteiger partial charge in [-0.2, -0.15) is 5.10 Å². The summed E-state index contributed by atoms with van der Waals surface area (Å²) in [6, 6.07) is 17.1. The minimum Gasteiger partial charge on any atom is -0.353 e. The van der Waals surface area contributed by atoms with Crippen molar-refractivity contribution in [3.8, 4) is 11.1 Å². The standard InChI is InChI=1S/C23H24N6/c1-2-4-18(5-3-1)8-9-28-10-12-29(13-11-28)23-21-14-19(20-15-26-27-16-20)6-7-22(21)24-17-25-23/h1-7,14-17H,8-13H2,(H,26,27). The van der Waals surface area contributed by atoms with Crippen LogP contribution in [0.2, 0.25) is 0 Å². The number of nitrogens with zero attached hydrogens (tertiary/aromatic N) is 5. The monoisotopic (exact) mass is 384 g/mol. The summed E-state index contributed by atoms with van der Waals surface area (Å²) in [4.78, 5) is 14.0. The molecule has 2 aromatic heterocycles. The van der Waals surface area contributed by atoms with Gasteiger partial charge in [0.1, 0.15) is 12.1 Å². The predicted molar refractivity (Wildman–Crippen MR) is 116 cm³/mol. The van der Waals surface area contributed by atoms with Crippen LogP contribution in [-0.4, -0.2) is 57.8 Å². The highest BCUT2D eigenvalue weighted by Gasteiger charge is 2.20. The van der Waals surface area contributed by atoms with Crippen LogP contribution < -0.4 is 4.90 Å². The van der Waals surface area contributed by atoms with Gasteiger partial charge < -0.3 is 4.90 Å². The van der Waals surface area contributed by atoms with Crippen LogP contribution in [0.15, 0.2) is 67.3 Å². The summed E-state index contributed by atoms with van der Waals surface area (Å²) in [5, 5.41) is 8.05. The first-order chi connectivity index (χ1) is 14.4. The van der Waals surface area contributed by atoms with Gasteiger partial charge in [0, 0.05) is 49.9 Å². The molecule has 1 N–H and O–H groups in total. The minimum atomic E-state index is 0.980. The van der Waals surface area contributed by atoms with Crippen molar-refractivity contribution in [3.63, 3.8) is 0 Å². The highest BCUT2D eigenvalue weighted by molar-refractivity contribution is 5.92. The number of aromatic amines is 1. The number of anilines is 1. The molecular formula is C23H24N6. The maximum absolute atomic E-state index is 4.64. The Morgan fingerprint density at radius 2 is 1.76 bits per heavy atom. The summed E-state index contributed by atoms with van der Waals surface area (Å²) < 4.78 is 0. The van der Waals surface area contributed by atoms with Gasteiger partial charge >= 0.3 is 0 Å². The summed E-state index contributed by atoms with van der Waals surface area (Å²) in [5.74, 6) is 1.03. The zero-order valence-corrected chi connectivity index (χ0v) is 16.3. The van der Waals surface area contributed by atoms with Crippen LogP contribution in [0, 0.1) is 0 Å². The number of piperazine rings is 1. The summed E-state index contributed by atoms with van der Waals surface area (Å²) in [6.45, 7) is 5.18. The molecule has 0 atom stereocenters. The van der Waals surface area contributed by atoms with Crippen molar-refractivity contribution in [1.82, 2.24) is 25.1 Å². The number of benzene rings is 2. The van der Waals surface area contributed by atoms with Gasteiger partial charge in [-0.15, -0.1) is 0 Å². The number of rotatable bonds is 5. The molecule has 0 unspecified atom stereocenters. The van der Waals surface area contributed by atoms with Crippen molar-refractivity contribution in [2.75, 3.05) is 37.6 Å². The van der Waals surface area contributed by atoms with E-state index in [-0.39, 0.29) is 0 Å². The maximum atomic E-state index is 4.64. The molecule has 2 aromatic carbocycles. The Labute approximate surface area is 170 Å². The van der Waals surface area contributed by atoms with Crippen molar-refractivity contribution in [1.29, 1.82) is 0 Å². The van der Waals surface area contributed by atoms with Gasteiger partial charge in [0.05, 0.1) is 11.7 Å². The smallest absolute Gasteiger partial charge is 0.139 e. The highest BCUT2D eigenvalue weighted by atomic mass is 15.3. The Morgan fingerprint density at radius 3 is 2.55 bits per heavy atom. The molecule has 29 heavy (non-hydrogen) atoms. The van der Waals surface area contributed by atoms with E-state index in [1.165, 1.54) is 5.56 Å². The van der Waals surface area contributed by atoms with E-state index < -0.39 is 0 Å². The number of nitrogens with one attached hydrogen (secondary N) is 1. The molecule has 0 saturated carbocycles. The number of H-pyrrole nitrogens is 1. The molecule has 5 rings (SSSR count). The molecule has 3 heterocycles. The molecule has 1 fully saturated rings. The fourth-order valence-corrected chi connectivity index (χ4v) is 4.00. The third-order valence-electron chi connectivity index (χ3n) is 5.68. The first-order valence-electron chi connectivity index (χ1n) is 10.1. The van der Waals surface area contributed by atoms with Gasteiger partial charge in [-0.3, -0.25) is 10.00 Å². The molecule has 6 heteroatoms. The summed E-state index contributed by atoms with van der Waals surface area (Å²) in [5.41, 5.74) is 4.59. The summed E-state index contributed by atoms with van der Waals surface area (Å²) in [6.07, 6.45) is 6.54. The molecule has 1 aliphatic rings. The van der Waals surface area contributed by atoms with Crippen molar-refractivity contribution in [3.05, 3.63) is 72.8 Å². The molecular weight excluding hydrogens is 360 g/mol. The van der Waals surface area contributed by atoms with E-state index in [2.05, 4.69) is 78.5 Å². The third kappa shape index (κ3) is 3.84. The van der Waals surface area contributed by atoms with Gasteiger partial charge in [-0.1, -0.05) is 36.4 Å². The molecule has 0 spiro atoms. The van der Waals surface area contributed by atoms with Crippen molar-refractivity contribution >= 4 is 16.7 Å². The summed E-state index contributed by atoms with van der Waals surface area (Å²) >= 11 is 0. The van der Waals surface area contributed by atoms with Crippen LogP contribution in [0.25, 0.3) is 22.0 Å². The number of hydrogen-bond acceptors (Lipinski definition) is 5. The van der Waals surface area contributed by atoms with E-state index in [0.717, 1.165) is 67.0 Å². The second kappa shape index (κ2) is 8.01. The van der Waals surface area contributed by atoms with Crippen molar-refractivity contribution in [2.45, 2.75) is 6.42 Å². The molecule has 146 valence electrons. The number of fused-ring (bicyclic) bond motifs is 1. The molecule has 1 saturated heterocycles. The number of hydrogen-bond donors (Lipinski definition) is 1. The van der Waals surface area contributed by atoms with E-state index in [1.807, 2.05) is 12.4 Å². The van der Waals surface area contributed by atoms with Gasteiger partial charge in [-0.05, 0) is 29.7 Å². The Balaban J connectivity index is 1.30. The van der Waals surface area contributed by atoms with Crippen LogP contribution in [-0.2, 0) is 6.42 Å². The second-order valence-corrected chi connectivity index (χ2v) is 7.48. The Bertz CT molecular complexity index is 1070. The normalized spacial score (nSPS) is 15.1. The predicted octanol–water partition coefficient (Wildman–Crippen LogP) is 3.38. The lowest BCUT2D eigenvalue weighted by molar-refractivity contribution is 0.260. The molecule has 6 nitrogen and oxygen atoms in total. The minimum absolute atomic E-state index is 0.980. The third-order valence-corrected chi connectivity index (χ3v) is 5.68. The first kappa shape index (κ1) is 17.8. The Morgan fingerprint density at radius 1 is 0.897 bits per heavy atom. The zero-order chi connectivity index (χ0) is 19.5. The van der Waals surface area contributed by atoms with E-state index in [1.54, 1.807) is 6.33 Å². The molecule has 0 amide bonds. The molecule has 0 radical (unpaired) electrons. The van der Waals surface area contributed by atoms with E-state index in [4.69, 9.17) is 0 Å². The first-order valence-corrected chi connectivity index (χ1v) is 10.1. The Kier molecular flexibility index (Phi) is 4.92. The van der Waals surface area contributed by atoms with Gasteiger partial charge in [-0.25, -0.2) is 9.97 Å². The van der Waals surface area contributed by atoms with Crippen LogP contribution in [0.5, 0.6) is 0 Å². The van der Waals surface area contributed by atoms with Gasteiger partial charge in [0.15, 0.2) is 0 Å². The van der Waals surface area contributed by atoms with E-state index >= 15 is 0 Å². The fraction of sp³-hybridized carbons (Fsp3) is 0.261. The Hall–Kier alpha value is -3.25. The molecule has 1 aliphatic heterocycles. The summed E-state index contributed by atoms with van der Waals surface area (Å²) in [7, 11) is 0. The zero-order valence-electron chi connectivity index (χ0n) is 16.3. The number of aromatic nitrogens is 4. The lowest BCUT2D eigenvalue weighted by Crippen LogP contribution is -2.47. The lowest BCUT2D eigenvalue weighted by atomic mass is 10.1. The second-order valence-electron chi connectivity index (χ2n) is 7.48. The van der Waals surface area contributed by atoms with Crippen molar-refractivity contribution < 1.29 is 0 Å². The average molecular weight is 384 g/mol. The molecule has 0 aliphatic carbocycles. The fourth-order valence-electron chi connectivity index (χ4n) is 4.00. The van der Waals surface area contributed by atoms with Gasteiger partial charge in [0.25, 0.3) is 0 Å². The lowest BCUT2D eigenvalue weighted by Gasteiger charge is -2.35. The van der Waals surface area contributed by atoms with Crippen LogP contribution in [0.4, 0.5) is 5.82 Å². The van der Waals surface area contributed by atoms with Crippen LogP contribution >= 0.6 is 0 Å². The van der Waals surface area contributed by atoms with E-state index in [0.29, 0.717) is 0 Å². The SMILES string of the molecule is c1ccc(CCN2CCN(c3ncnc4ccc(-c5cn[nH]c5)cc34)CC2)cc1. The highest BCUT2D eigenvalue weighted by Crippen LogP contribution is 2.28. The van der Waals surface area contributed by atoms with E-state index in [9.17, 15) is 0 Å². The van der Waals surface area contributed by atoms with Crippen LogP contribution in [0.3, 0.4) is 0 Å². The van der Waals surface area contributed by atoms with Crippen LogP contribution in [0.1, 0.15) is 5.56 Å². The topological polar surface area (TPSA) is 60.9 Å². The van der Waals surface area contributed by atoms with Crippen molar-refractivity contribution in [2.24, 2.45) is 0 Å². The maximum Gasteiger partial charge on any atom is 0.139 e. The van der Waals surface area contributed by atoms with Gasteiger partial charge in [0.2, 0.25) is 0 Å².